The Morgan fingerprint density at radius 3 is 2.13 bits per heavy atom. The zero-order valence-electron chi connectivity index (χ0n) is 17.7. The van der Waals surface area contributed by atoms with E-state index in [9.17, 15) is 0 Å². The first-order chi connectivity index (χ1) is 14.6. The molecule has 0 radical (unpaired) electrons. The molecule has 30 heavy (non-hydrogen) atoms. The summed E-state index contributed by atoms with van der Waals surface area (Å²) < 4.78 is 2.28. The quantitative estimate of drug-likeness (QED) is 0.264. The summed E-state index contributed by atoms with van der Waals surface area (Å²) in [6.07, 6.45) is 0. The molecule has 0 N–H and O–H groups in total. The lowest BCUT2D eigenvalue weighted by Crippen LogP contribution is -2.02. The molecule has 1 heterocycles. The number of hydrogen-bond acceptors (Lipinski definition) is 2. The first kappa shape index (κ1) is 19.7. The highest BCUT2D eigenvalue weighted by Crippen LogP contribution is 2.30. The third-order valence-corrected chi connectivity index (χ3v) is 5.27. The van der Waals surface area contributed by atoms with Crippen molar-refractivity contribution in [3.8, 4) is 16.9 Å². The lowest BCUT2D eigenvalue weighted by atomic mass is 10.1. The van der Waals surface area contributed by atoms with Crippen LogP contribution in [0.3, 0.4) is 0 Å². The highest BCUT2D eigenvalue weighted by atomic mass is 16.6. The number of aromatic nitrogens is 1. The standard InChI is InChI=1S/C27H26N2O/c1-20-14-16-23(17-15-20)19-30-28-21(2)26-18-27(24-10-6-4-7-11-24)29(22(26)3)25-12-8-5-9-13-25/h4-18H,19H2,1-3H3. The highest BCUT2D eigenvalue weighted by Gasteiger charge is 2.16. The summed E-state index contributed by atoms with van der Waals surface area (Å²) in [5.41, 5.74) is 8.89. The van der Waals surface area contributed by atoms with E-state index in [-0.39, 0.29) is 0 Å². The zero-order valence-corrected chi connectivity index (χ0v) is 17.7. The van der Waals surface area contributed by atoms with Crippen LogP contribution in [0.2, 0.25) is 0 Å². The topological polar surface area (TPSA) is 26.5 Å². The van der Waals surface area contributed by atoms with E-state index in [0.29, 0.717) is 6.61 Å². The van der Waals surface area contributed by atoms with Crippen molar-refractivity contribution in [1.29, 1.82) is 0 Å². The van der Waals surface area contributed by atoms with E-state index in [1.165, 1.54) is 11.1 Å². The minimum atomic E-state index is 0.460. The van der Waals surface area contributed by atoms with Gasteiger partial charge in [-0.05, 0) is 50.1 Å². The van der Waals surface area contributed by atoms with E-state index in [2.05, 4.69) is 102 Å². The molecule has 0 atom stereocenters. The van der Waals surface area contributed by atoms with E-state index < -0.39 is 0 Å². The summed E-state index contributed by atoms with van der Waals surface area (Å²) in [4.78, 5) is 5.67. The van der Waals surface area contributed by atoms with Crippen molar-refractivity contribution in [3.63, 3.8) is 0 Å². The van der Waals surface area contributed by atoms with Gasteiger partial charge in [0.1, 0.15) is 6.61 Å². The molecular formula is C27H26N2O. The molecule has 3 aromatic carbocycles. The molecule has 3 heteroatoms. The fourth-order valence-corrected chi connectivity index (χ4v) is 3.64. The maximum absolute atomic E-state index is 5.67. The van der Waals surface area contributed by atoms with Crippen LogP contribution in [0.5, 0.6) is 0 Å². The van der Waals surface area contributed by atoms with Gasteiger partial charge in [0.15, 0.2) is 0 Å². The molecule has 0 fully saturated rings. The van der Waals surface area contributed by atoms with Gasteiger partial charge in [0.05, 0.1) is 11.4 Å². The number of aryl methyl sites for hydroxylation is 1. The molecule has 4 rings (SSSR count). The van der Waals surface area contributed by atoms with E-state index in [4.69, 9.17) is 4.84 Å². The minimum absolute atomic E-state index is 0.460. The maximum Gasteiger partial charge on any atom is 0.142 e. The first-order valence-electron chi connectivity index (χ1n) is 10.2. The molecule has 0 saturated carbocycles. The summed E-state index contributed by atoms with van der Waals surface area (Å²) in [5, 5.41) is 4.42. The summed E-state index contributed by atoms with van der Waals surface area (Å²) in [7, 11) is 0. The molecule has 0 aliphatic heterocycles. The maximum atomic E-state index is 5.67. The van der Waals surface area contributed by atoms with Gasteiger partial charge in [-0.25, -0.2) is 0 Å². The van der Waals surface area contributed by atoms with Crippen LogP contribution in [-0.2, 0) is 11.4 Å². The molecule has 0 aliphatic rings. The molecule has 4 aromatic rings. The SMILES string of the molecule is CC(=NOCc1ccc(C)cc1)c1cc(-c2ccccc2)n(-c2ccccc2)c1C. The van der Waals surface area contributed by atoms with Crippen LogP contribution in [0, 0.1) is 13.8 Å². The van der Waals surface area contributed by atoms with E-state index >= 15 is 0 Å². The zero-order chi connectivity index (χ0) is 20.9. The third-order valence-electron chi connectivity index (χ3n) is 5.27. The summed E-state index contributed by atoms with van der Waals surface area (Å²) in [6.45, 7) is 6.67. The number of oxime groups is 1. The van der Waals surface area contributed by atoms with Gasteiger partial charge in [-0.1, -0.05) is 83.5 Å². The van der Waals surface area contributed by atoms with Gasteiger partial charge in [0, 0.05) is 16.9 Å². The molecule has 1 aromatic heterocycles. The van der Waals surface area contributed by atoms with E-state index in [1.807, 2.05) is 19.1 Å². The van der Waals surface area contributed by atoms with Crippen molar-refractivity contribution in [1.82, 2.24) is 4.57 Å². The van der Waals surface area contributed by atoms with Crippen LogP contribution < -0.4 is 0 Å². The molecule has 0 amide bonds. The Bertz CT molecular complexity index is 1140. The number of para-hydroxylation sites is 1. The fourth-order valence-electron chi connectivity index (χ4n) is 3.64. The summed E-state index contributed by atoms with van der Waals surface area (Å²) >= 11 is 0. The van der Waals surface area contributed by atoms with Crippen LogP contribution in [-0.4, -0.2) is 10.3 Å². The second-order valence-electron chi connectivity index (χ2n) is 7.50. The molecule has 0 spiro atoms. The van der Waals surface area contributed by atoms with Crippen LogP contribution in [0.1, 0.15) is 29.3 Å². The average Bonchev–Trinajstić information content (AvgIpc) is 3.13. The largest absolute Gasteiger partial charge is 0.391 e. The number of nitrogens with zero attached hydrogens (tertiary/aromatic N) is 2. The molecule has 0 saturated heterocycles. The van der Waals surface area contributed by atoms with Crippen molar-refractivity contribution in [3.05, 3.63) is 113 Å². The number of rotatable bonds is 6. The number of hydrogen-bond donors (Lipinski definition) is 0. The minimum Gasteiger partial charge on any atom is -0.391 e. The normalized spacial score (nSPS) is 11.5. The molecule has 0 bridgehead atoms. The highest BCUT2D eigenvalue weighted by molar-refractivity contribution is 6.01. The molecule has 0 unspecified atom stereocenters. The molecule has 150 valence electrons. The molecule has 0 aliphatic carbocycles. The fraction of sp³-hybridized carbons (Fsp3) is 0.148. The third kappa shape index (κ3) is 4.20. The Kier molecular flexibility index (Phi) is 5.80. The smallest absolute Gasteiger partial charge is 0.142 e. The second kappa shape index (κ2) is 8.83. The van der Waals surface area contributed by atoms with Gasteiger partial charge in [0.2, 0.25) is 0 Å². The Morgan fingerprint density at radius 1 is 0.833 bits per heavy atom. The molecular weight excluding hydrogens is 368 g/mol. The molecule has 3 nitrogen and oxygen atoms in total. The average molecular weight is 395 g/mol. The van der Waals surface area contributed by atoms with Crippen molar-refractivity contribution < 1.29 is 4.84 Å². The van der Waals surface area contributed by atoms with Crippen LogP contribution >= 0.6 is 0 Å². The van der Waals surface area contributed by atoms with Crippen molar-refractivity contribution in [2.24, 2.45) is 5.16 Å². The van der Waals surface area contributed by atoms with Crippen molar-refractivity contribution in [2.45, 2.75) is 27.4 Å². The predicted molar refractivity (Wildman–Crippen MR) is 124 cm³/mol. The van der Waals surface area contributed by atoms with E-state index in [0.717, 1.165) is 33.9 Å². The Morgan fingerprint density at radius 2 is 1.47 bits per heavy atom. The second-order valence-corrected chi connectivity index (χ2v) is 7.50. The van der Waals surface area contributed by atoms with Gasteiger partial charge >= 0.3 is 0 Å². The van der Waals surface area contributed by atoms with Gasteiger partial charge in [0.25, 0.3) is 0 Å². The van der Waals surface area contributed by atoms with Gasteiger partial charge in [-0.15, -0.1) is 0 Å². The Labute approximate surface area is 178 Å². The van der Waals surface area contributed by atoms with Crippen molar-refractivity contribution >= 4 is 5.71 Å². The summed E-state index contributed by atoms with van der Waals surface area (Å²) in [6, 6.07) is 31.4. The monoisotopic (exact) mass is 394 g/mol. The Balaban J connectivity index is 1.68. The lowest BCUT2D eigenvalue weighted by Gasteiger charge is -2.12. The number of benzene rings is 3. The predicted octanol–water partition coefficient (Wildman–Crippen LogP) is 6.70. The lowest BCUT2D eigenvalue weighted by molar-refractivity contribution is 0.130. The van der Waals surface area contributed by atoms with Gasteiger partial charge < -0.3 is 9.40 Å². The van der Waals surface area contributed by atoms with Crippen LogP contribution in [0.15, 0.2) is 96.2 Å². The first-order valence-corrected chi connectivity index (χ1v) is 10.2. The van der Waals surface area contributed by atoms with Gasteiger partial charge in [-0.3, -0.25) is 0 Å². The summed E-state index contributed by atoms with van der Waals surface area (Å²) in [5.74, 6) is 0. The van der Waals surface area contributed by atoms with E-state index in [1.54, 1.807) is 0 Å². The van der Waals surface area contributed by atoms with Crippen LogP contribution in [0.25, 0.3) is 16.9 Å². The van der Waals surface area contributed by atoms with Crippen molar-refractivity contribution in [2.75, 3.05) is 0 Å². The Hall–Kier alpha value is -3.59. The van der Waals surface area contributed by atoms with Gasteiger partial charge in [-0.2, -0.15) is 0 Å². The van der Waals surface area contributed by atoms with Crippen LogP contribution in [0.4, 0.5) is 0 Å².